The minimum absolute atomic E-state index is 0.415. The first-order chi connectivity index (χ1) is 9.06. The van der Waals surface area contributed by atoms with Crippen LogP contribution < -0.4 is 0 Å². The predicted molar refractivity (Wildman–Crippen MR) is 75.3 cm³/mol. The van der Waals surface area contributed by atoms with Crippen molar-refractivity contribution in [3.05, 3.63) is 35.4 Å². The Kier molecular flexibility index (Phi) is 4.56. The highest BCUT2D eigenvalue weighted by molar-refractivity contribution is 5.89. The highest BCUT2D eigenvalue weighted by Gasteiger charge is 2.21. The monoisotopic (exact) mass is 262 g/mol. The number of benzene rings is 1. The van der Waals surface area contributed by atoms with Gasteiger partial charge in [-0.3, -0.25) is 0 Å². The molecular formula is C15H22N2O2. The summed E-state index contributed by atoms with van der Waals surface area (Å²) in [6.07, 6.45) is 1.24. The number of hydrogen-bond acceptors (Lipinski definition) is 3. The summed E-state index contributed by atoms with van der Waals surface area (Å²) in [7, 11) is 4.22. The lowest BCUT2D eigenvalue weighted by Crippen LogP contribution is -2.27. The van der Waals surface area contributed by atoms with Crippen molar-refractivity contribution in [3.63, 3.8) is 0 Å². The average Bonchev–Trinajstić information content (AvgIpc) is 2.75. The van der Waals surface area contributed by atoms with E-state index in [9.17, 15) is 9.90 Å². The third-order valence-corrected chi connectivity index (χ3v) is 3.75. The maximum atomic E-state index is 11.2. The lowest BCUT2D eigenvalue weighted by atomic mass is 10.1. The van der Waals surface area contributed by atoms with E-state index >= 15 is 0 Å². The Hall–Kier alpha value is -1.39. The first-order valence-electron chi connectivity index (χ1n) is 6.74. The first-order valence-corrected chi connectivity index (χ1v) is 6.74. The van der Waals surface area contributed by atoms with Gasteiger partial charge in [-0.15, -0.1) is 0 Å². The second-order valence-corrected chi connectivity index (χ2v) is 5.58. The molecule has 0 amide bonds. The molecule has 2 rings (SSSR count). The highest BCUT2D eigenvalue weighted by atomic mass is 16.4. The van der Waals surface area contributed by atoms with Crippen LogP contribution in [0.1, 0.15) is 22.3 Å². The number of aromatic carboxylic acids is 1. The first kappa shape index (κ1) is 14.0. The summed E-state index contributed by atoms with van der Waals surface area (Å²) in [4.78, 5) is 15.7. The summed E-state index contributed by atoms with van der Waals surface area (Å²) in [5.41, 5.74) is 1.31. The molecule has 19 heavy (non-hydrogen) atoms. The lowest BCUT2D eigenvalue weighted by molar-refractivity contribution is 0.0694. The number of hydrogen-bond donors (Lipinski definition) is 1. The van der Waals surface area contributed by atoms with Crippen molar-refractivity contribution in [2.45, 2.75) is 13.0 Å². The zero-order chi connectivity index (χ0) is 13.8. The van der Waals surface area contributed by atoms with E-state index in [1.54, 1.807) is 12.1 Å². The van der Waals surface area contributed by atoms with E-state index in [0.29, 0.717) is 18.0 Å². The van der Waals surface area contributed by atoms with Gasteiger partial charge in [0.05, 0.1) is 5.56 Å². The average molecular weight is 262 g/mol. The summed E-state index contributed by atoms with van der Waals surface area (Å²) in [5, 5.41) is 9.17. The smallest absolute Gasteiger partial charge is 0.336 e. The Morgan fingerprint density at radius 3 is 2.84 bits per heavy atom. The van der Waals surface area contributed by atoms with Crippen molar-refractivity contribution in [3.8, 4) is 0 Å². The van der Waals surface area contributed by atoms with Crippen LogP contribution >= 0.6 is 0 Å². The Balaban J connectivity index is 1.95. The van der Waals surface area contributed by atoms with Crippen LogP contribution in [0.4, 0.5) is 0 Å². The molecule has 0 bridgehead atoms. The largest absolute Gasteiger partial charge is 0.478 e. The number of nitrogens with zero attached hydrogens (tertiary/aromatic N) is 2. The zero-order valence-electron chi connectivity index (χ0n) is 11.7. The van der Waals surface area contributed by atoms with Gasteiger partial charge in [-0.1, -0.05) is 18.2 Å². The van der Waals surface area contributed by atoms with Gasteiger partial charge < -0.3 is 14.9 Å². The normalized spacial score (nSPS) is 20.1. The zero-order valence-corrected chi connectivity index (χ0v) is 11.7. The summed E-state index contributed by atoms with van der Waals surface area (Å²) < 4.78 is 0. The molecule has 1 saturated heterocycles. The standard InChI is InChI=1S/C15H22N2O2/c1-16-8-7-12(9-16)10-17(2)11-13-5-3-4-6-14(13)15(18)19/h3-6,12H,7-11H2,1-2H3,(H,18,19). The van der Waals surface area contributed by atoms with Crippen molar-refractivity contribution in [2.75, 3.05) is 33.7 Å². The maximum Gasteiger partial charge on any atom is 0.336 e. The highest BCUT2D eigenvalue weighted by Crippen LogP contribution is 2.17. The molecule has 1 heterocycles. The van der Waals surface area contributed by atoms with Crippen molar-refractivity contribution in [1.29, 1.82) is 0 Å². The van der Waals surface area contributed by atoms with E-state index in [0.717, 1.165) is 18.7 Å². The van der Waals surface area contributed by atoms with Crippen LogP contribution in [0.15, 0.2) is 24.3 Å². The molecule has 0 aliphatic carbocycles. The fourth-order valence-electron chi connectivity index (χ4n) is 2.84. The van der Waals surface area contributed by atoms with Crippen molar-refractivity contribution in [2.24, 2.45) is 5.92 Å². The Morgan fingerprint density at radius 1 is 1.47 bits per heavy atom. The number of carboxylic acid groups (broad SMARTS) is 1. The van der Waals surface area contributed by atoms with Crippen molar-refractivity contribution < 1.29 is 9.90 Å². The maximum absolute atomic E-state index is 11.2. The van der Waals surface area contributed by atoms with Gasteiger partial charge in [0.15, 0.2) is 0 Å². The number of rotatable bonds is 5. The Labute approximate surface area is 114 Å². The minimum atomic E-state index is -0.843. The molecule has 1 N–H and O–H groups in total. The van der Waals surface area contributed by atoms with Gasteiger partial charge in [0.25, 0.3) is 0 Å². The predicted octanol–water partition coefficient (Wildman–Crippen LogP) is 1.77. The molecule has 1 aliphatic rings. The molecule has 4 nitrogen and oxygen atoms in total. The fraction of sp³-hybridized carbons (Fsp3) is 0.533. The summed E-state index contributed by atoms with van der Waals surface area (Å²) in [5.74, 6) is -0.142. The quantitative estimate of drug-likeness (QED) is 0.878. The van der Waals surface area contributed by atoms with Crippen LogP contribution in [-0.4, -0.2) is 54.6 Å². The molecule has 0 spiro atoms. The van der Waals surface area contributed by atoms with Gasteiger partial charge in [0, 0.05) is 19.6 Å². The Morgan fingerprint density at radius 2 is 2.21 bits per heavy atom. The van der Waals surface area contributed by atoms with Gasteiger partial charge in [-0.25, -0.2) is 4.79 Å². The van der Waals surface area contributed by atoms with Gasteiger partial charge in [-0.05, 0) is 44.6 Å². The SMILES string of the molecule is CN1CCC(CN(C)Cc2ccccc2C(=O)O)C1. The molecule has 1 fully saturated rings. The van der Waals surface area contributed by atoms with Gasteiger partial charge in [0.1, 0.15) is 0 Å². The molecule has 0 saturated carbocycles. The summed E-state index contributed by atoms with van der Waals surface area (Å²) in [6, 6.07) is 7.26. The van der Waals surface area contributed by atoms with Crippen LogP contribution in [0.3, 0.4) is 0 Å². The van der Waals surface area contributed by atoms with E-state index < -0.39 is 5.97 Å². The lowest BCUT2D eigenvalue weighted by Gasteiger charge is -2.21. The van der Waals surface area contributed by atoms with Gasteiger partial charge >= 0.3 is 5.97 Å². The van der Waals surface area contributed by atoms with Crippen LogP contribution in [0.2, 0.25) is 0 Å². The van der Waals surface area contributed by atoms with Crippen molar-refractivity contribution in [1.82, 2.24) is 9.80 Å². The Bertz CT molecular complexity index is 448. The second-order valence-electron chi connectivity index (χ2n) is 5.58. The van der Waals surface area contributed by atoms with E-state index in [1.807, 2.05) is 12.1 Å². The fourth-order valence-corrected chi connectivity index (χ4v) is 2.84. The molecule has 1 aromatic rings. The molecule has 0 radical (unpaired) electrons. The topological polar surface area (TPSA) is 43.8 Å². The number of carboxylic acids is 1. The number of likely N-dealkylation sites (tertiary alicyclic amines) is 1. The van der Waals surface area contributed by atoms with Crippen LogP contribution in [0, 0.1) is 5.92 Å². The van der Waals surface area contributed by atoms with E-state index in [2.05, 4.69) is 23.9 Å². The molecule has 104 valence electrons. The number of carbonyl (C=O) groups is 1. The molecule has 1 aromatic carbocycles. The van der Waals surface area contributed by atoms with Gasteiger partial charge in [-0.2, -0.15) is 0 Å². The van der Waals surface area contributed by atoms with E-state index in [1.165, 1.54) is 13.0 Å². The van der Waals surface area contributed by atoms with Crippen LogP contribution in [0.5, 0.6) is 0 Å². The summed E-state index contributed by atoms with van der Waals surface area (Å²) in [6.45, 7) is 4.04. The van der Waals surface area contributed by atoms with E-state index in [4.69, 9.17) is 0 Å². The van der Waals surface area contributed by atoms with E-state index in [-0.39, 0.29) is 0 Å². The van der Waals surface area contributed by atoms with Crippen LogP contribution in [0.25, 0.3) is 0 Å². The molecular weight excluding hydrogens is 240 g/mol. The third-order valence-electron chi connectivity index (χ3n) is 3.75. The minimum Gasteiger partial charge on any atom is -0.478 e. The van der Waals surface area contributed by atoms with Gasteiger partial charge in [0.2, 0.25) is 0 Å². The molecule has 1 unspecified atom stereocenters. The van der Waals surface area contributed by atoms with Crippen LogP contribution in [-0.2, 0) is 6.54 Å². The summed E-state index contributed by atoms with van der Waals surface area (Å²) >= 11 is 0. The molecule has 1 aliphatic heterocycles. The van der Waals surface area contributed by atoms with Crippen molar-refractivity contribution >= 4 is 5.97 Å². The third kappa shape index (κ3) is 3.78. The molecule has 0 aromatic heterocycles. The molecule has 4 heteroatoms. The molecule has 1 atom stereocenters. The second kappa shape index (κ2) is 6.17.